The molecule has 2 rings (SSSR count). The Hall–Kier alpha value is -1.84. The summed E-state index contributed by atoms with van der Waals surface area (Å²) in [6, 6.07) is 14.3. The minimum Gasteiger partial charge on any atom is -0.450 e. The molecular weight excluding hydrogens is 402 g/mol. The van der Waals surface area contributed by atoms with Crippen LogP contribution >= 0.6 is 31.9 Å². The largest absolute Gasteiger partial charge is 0.506 e. The van der Waals surface area contributed by atoms with Crippen molar-refractivity contribution >= 4 is 38.0 Å². The van der Waals surface area contributed by atoms with E-state index in [-0.39, 0.29) is 0 Å². The van der Waals surface area contributed by atoms with Crippen molar-refractivity contribution in [3.63, 3.8) is 0 Å². The molecule has 0 saturated carbocycles. The molecule has 0 aliphatic heterocycles. The van der Waals surface area contributed by atoms with Crippen LogP contribution in [-0.2, 0) is 4.74 Å². The number of carboxylic acid groups (broad SMARTS) is 1. The molecule has 0 saturated heterocycles. The summed E-state index contributed by atoms with van der Waals surface area (Å²) in [4.78, 5) is 11.0. The maximum absolute atomic E-state index is 11.0. The Bertz CT molecular complexity index is 688. The van der Waals surface area contributed by atoms with Crippen molar-refractivity contribution in [1.82, 2.24) is 0 Å². The molecule has 106 valence electrons. The van der Waals surface area contributed by atoms with E-state index in [1.165, 1.54) is 0 Å². The van der Waals surface area contributed by atoms with E-state index in [0.29, 0.717) is 25.6 Å². The third-order valence-corrected chi connectivity index (χ3v) is 4.10. The third-order valence-electron chi connectivity index (χ3n) is 2.79. The van der Waals surface area contributed by atoms with Crippen molar-refractivity contribution in [2.45, 2.75) is 6.10 Å². The van der Waals surface area contributed by atoms with Crippen LogP contribution in [0.5, 0.6) is 0 Å². The van der Waals surface area contributed by atoms with Crippen LogP contribution < -0.4 is 0 Å². The van der Waals surface area contributed by atoms with Crippen LogP contribution in [-0.4, -0.2) is 11.3 Å². The van der Waals surface area contributed by atoms with Gasteiger partial charge in [-0.2, -0.15) is 5.26 Å². The van der Waals surface area contributed by atoms with Crippen LogP contribution in [0, 0.1) is 11.3 Å². The molecule has 0 fully saturated rings. The van der Waals surface area contributed by atoms with E-state index in [1.54, 1.807) is 36.4 Å². The highest BCUT2D eigenvalue weighted by atomic mass is 79.9. The lowest BCUT2D eigenvalue weighted by molar-refractivity contribution is 0.0658. The number of hydrogen-bond donors (Lipinski definition) is 1. The fourth-order valence-electron chi connectivity index (χ4n) is 1.92. The van der Waals surface area contributed by atoms with E-state index in [9.17, 15) is 4.79 Å². The standard InChI is InChI=1S/C15H9Br2NO3/c16-11-6-9(8-18)7-12(17)13(11)14(21-15(19)20)10-4-2-1-3-5-10/h1-7,14H,(H,19,20). The number of nitrogens with zero attached hydrogens (tertiary/aromatic N) is 1. The summed E-state index contributed by atoms with van der Waals surface area (Å²) in [5, 5.41) is 17.9. The molecule has 0 aliphatic rings. The zero-order valence-electron chi connectivity index (χ0n) is 10.6. The predicted octanol–water partition coefficient (Wildman–Crippen LogP) is 4.87. The fourth-order valence-corrected chi connectivity index (χ4v) is 3.52. The molecule has 0 heterocycles. The molecule has 0 aromatic heterocycles. The SMILES string of the molecule is N#Cc1cc(Br)c(C(OC(=O)O)c2ccccc2)c(Br)c1. The van der Waals surface area contributed by atoms with Gasteiger partial charge in [-0.15, -0.1) is 0 Å². The molecule has 0 radical (unpaired) electrons. The number of carbonyl (C=O) groups is 1. The van der Waals surface area contributed by atoms with Gasteiger partial charge in [0, 0.05) is 14.5 Å². The first-order valence-electron chi connectivity index (χ1n) is 5.86. The minimum atomic E-state index is -1.37. The molecule has 21 heavy (non-hydrogen) atoms. The number of halogens is 2. The summed E-state index contributed by atoms with van der Waals surface area (Å²) in [7, 11) is 0. The summed E-state index contributed by atoms with van der Waals surface area (Å²) in [6.07, 6.45) is -2.16. The smallest absolute Gasteiger partial charge is 0.450 e. The lowest BCUT2D eigenvalue weighted by Gasteiger charge is -2.20. The van der Waals surface area contributed by atoms with Gasteiger partial charge in [-0.3, -0.25) is 0 Å². The number of nitriles is 1. The quantitative estimate of drug-likeness (QED) is 0.733. The highest BCUT2D eigenvalue weighted by molar-refractivity contribution is 9.11. The molecule has 4 nitrogen and oxygen atoms in total. The highest BCUT2D eigenvalue weighted by Gasteiger charge is 2.24. The molecule has 1 atom stereocenters. The first kappa shape index (κ1) is 15.5. The molecule has 2 aromatic carbocycles. The molecule has 2 aromatic rings. The Morgan fingerprint density at radius 3 is 2.24 bits per heavy atom. The normalized spacial score (nSPS) is 11.5. The molecule has 0 spiro atoms. The van der Waals surface area contributed by atoms with Crippen molar-refractivity contribution < 1.29 is 14.6 Å². The van der Waals surface area contributed by atoms with Crippen molar-refractivity contribution in [2.24, 2.45) is 0 Å². The van der Waals surface area contributed by atoms with E-state index in [2.05, 4.69) is 31.9 Å². The van der Waals surface area contributed by atoms with E-state index in [4.69, 9.17) is 15.1 Å². The second-order valence-corrected chi connectivity index (χ2v) is 5.85. The van der Waals surface area contributed by atoms with E-state index < -0.39 is 12.3 Å². The van der Waals surface area contributed by atoms with Gasteiger partial charge >= 0.3 is 6.16 Å². The second kappa shape index (κ2) is 6.74. The molecule has 6 heteroatoms. The third kappa shape index (κ3) is 3.63. The number of rotatable bonds is 3. The van der Waals surface area contributed by atoms with Crippen LogP contribution in [0.15, 0.2) is 51.4 Å². The summed E-state index contributed by atoms with van der Waals surface area (Å²) in [5.74, 6) is 0. The van der Waals surface area contributed by atoms with Gasteiger partial charge in [0.15, 0.2) is 6.10 Å². The molecular formula is C15H9Br2NO3. The van der Waals surface area contributed by atoms with E-state index in [1.807, 2.05) is 12.1 Å². The van der Waals surface area contributed by atoms with Crippen LogP contribution in [0.2, 0.25) is 0 Å². The lowest BCUT2D eigenvalue weighted by atomic mass is 10.0. The molecule has 0 amide bonds. The van der Waals surface area contributed by atoms with Gasteiger partial charge in [-0.05, 0) is 17.7 Å². The zero-order valence-corrected chi connectivity index (χ0v) is 13.8. The Kier molecular flexibility index (Phi) is 4.99. The Labute approximate surface area is 138 Å². The predicted molar refractivity (Wildman–Crippen MR) is 84.0 cm³/mol. The highest BCUT2D eigenvalue weighted by Crippen LogP contribution is 2.37. The van der Waals surface area contributed by atoms with Gasteiger partial charge in [0.2, 0.25) is 0 Å². The van der Waals surface area contributed by atoms with Crippen LogP contribution in [0.1, 0.15) is 22.8 Å². The van der Waals surface area contributed by atoms with Crippen LogP contribution in [0.3, 0.4) is 0 Å². The Morgan fingerprint density at radius 1 is 1.19 bits per heavy atom. The number of hydrogen-bond acceptors (Lipinski definition) is 3. The average molecular weight is 411 g/mol. The van der Waals surface area contributed by atoms with Gasteiger partial charge in [0.05, 0.1) is 11.6 Å². The summed E-state index contributed by atoms with van der Waals surface area (Å²) in [6.45, 7) is 0. The van der Waals surface area contributed by atoms with Crippen LogP contribution in [0.4, 0.5) is 4.79 Å². The minimum absolute atomic E-state index is 0.458. The van der Waals surface area contributed by atoms with Gasteiger partial charge < -0.3 is 9.84 Å². The number of benzene rings is 2. The second-order valence-electron chi connectivity index (χ2n) is 4.14. The maximum Gasteiger partial charge on any atom is 0.506 e. The van der Waals surface area contributed by atoms with Gasteiger partial charge in [-0.1, -0.05) is 62.2 Å². The van der Waals surface area contributed by atoms with Gasteiger partial charge in [0.1, 0.15) is 0 Å². The van der Waals surface area contributed by atoms with Crippen molar-refractivity contribution in [2.75, 3.05) is 0 Å². The maximum atomic E-state index is 11.0. The van der Waals surface area contributed by atoms with Gasteiger partial charge in [0.25, 0.3) is 0 Å². The van der Waals surface area contributed by atoms with Gasteiger partial charge in [-0.25, -0.2) is 4.79 Å². The molecule has 0 aliphatic carbocycles. The lowest BCUT2D eigenvalue weighted by Crippen LogP contribution is -2.12. The molecule has 0 bridgehead atoms. The first-order valence-corrected chi connectivity index (χ1v) is 7.45. The van der Waals surface area contributed by atoms with Crippen molar-refractivity contribution in [1.29, 1.82) is 5.26 Å². The molecule has 1 N–H and O–H groups in total. The summed E-state index contributed by atoms with van der Waals surface area (Å²) < 4.78 is 6.23. The number of ether oxygens (including phenoxy) is 1. The van der Waals surface area contributed by atoms with E-state index >= 15 is 0 Å². The molecule has 1 unspecified atom stereocenters. The fraction of sp³-hybridized carbons (Fsp3) is 0.0667. The summed E-state index contributed by atoms with van der Waals surface area (Å²) in [5.41, 5.74) is 1.77. The first-order chi connectivity index (χ1) is 10.0. The van der Waals surface area contributed by atoms with Crippen molar-refractivity contribution in [3.8, 4) is 6.07 Å². The van der Waals surface area contributed by atoms with Crippen LogP contribution in [0.25, 0.3) is 0 Å². The summed E-state index contributed by atoms with van der Waals surface area (Å²) >= 11 is 6.75. The average Bonchev–Trinajstić information content (AvgIpc) is 2.45. The van der Waals surface area contributed by atoms with Crippen molar-refractivity contribution in [3.05, 3.63) is 68.1 Å². The van der Waals surface area contributed by atoms with E-state index in [0.717, 1.165) is 0 Å². The topological polar surface area (TPSA) is 70.3 Å². The Balaban J connectivity index is 2.57. The monoisotopic (exact) mass is 409 g/mol. The Morgan fingerprint density at radius 2 is 1.76 bits per heavy atom. The zero-order chi connectivity index (χ0) is 15.4.